The van der Waals surface area contributed by atoms with Crippen LogP contribution in [-0.4, -0.2) is 32.5 Å². The molecule has 110 valence electrons. The maximum Gasteiger partial charge on any atom is 0.317 e. The molecule has 0 spiro atoms. The van der Waals surface area contributed by atoms with Crippen LogP contribution < -0.4 is 4.90 Å². The number of benzene rings is 1. The molecule has 1 aromatic carbocycles. The number of anilines is 1. The first-order valence-corrected chi connectivity index (χ1v) is 6.82. The van der Waals surface area contributed by atoms with Gasteiger partial charge < -0.3 is 9.64 Å². The van der Waals surface area contributed by atoms with Gasteiger partial charge in [-0.2, -0.15) is 0 Å². The lowest BCUT2D eigenvalue weighted by atomic mass is 9.85. The number of carbonyl (C=O) groups excluding carboxylic acids is 2. The van der Waals surface area contributed by atoms with Crippen LogP contribution in [0.25, 0.3) is 0 Å². The van der Waals surface area contributed by atoms with E-state index in [9.17, 15) is 9.59 Å². The first-order chi connectivity index (χ1) is 9.38. The number of esters is 1. The van der Waals surface area contributed by atoms with E-state index >= 15 is 0 Å². The molecule has 0 radical (unpaired) electrons. The van der Waals surface area contributed by atoms with Crippen LogP contribution in [0.3, 0.4) is 0 Å². The largest absolute Gasteiger partial charge is 0.465 e. The average Bonchev–Trinajstić information content (AvgIpc) is 2.38. The molecule has 2 unspecified atom stereocenters. The van der Waals surface area contributed by atoms with Crippen LogP contribution in [0.15, 0.2) is 24.3 Å². The Morgan fingerprint density at radius 2 is 1.75 bits per heavy atom. The van der Waals surface area contributed by atoms with Crippen LogP contribution in [0.2, 0.25) is 0 Å². The maximum atomic E-state index is 11.9. The van der Waals surface area contributed by atoms with E-state index in [4.69, 9.17) is 4.74 Å². The SMILES string of the molecule is CCOC(=O)C(C(C)=O)C(C)c1ccc(N(C)C)cc1. The summed E-state index contributed by atoms with van der Waals surface area (Å²) in [7, 11) is 3.94. The molecule has 0 heterocycles. The summed E-state index contributed by atoms with van der Waals surface area (Å²) < 4.78 is 5.00. The first-order valence-electron chi connectivity index (χ1n) is 6.82. The van der Waals surface area contributed by atoms with E-state index in [1.54, 1.807) is 6.92 Å². The molecule has 4 heteroatoms. The van der Waals surface area contributed by atoms with Crippen molar-refractivity contribution in [2.45, 2.75) is 26.7 Å². The third kappa shape index (κ3) is 3.83. The van der Waals surface area contributed by atoms with Crippen molar-refractivity contribution in [1.82, 2.24) is 0 Å². The summed E-state index contributed by atoms with van der Waals surface area (Å²) in [6.45, 7) is 5.35. The number of hydrogen-bond donors (Lipinski definition) is 0. The molecule has 2 atom stereocenters. The topological polar surface area (TPSA) is 46.6 Å². The summed E-state index contributed by atoms with van der Waals surface area (Å²) in [5.74, 6) is -1.53. The number of hydrogen-bond acceptors (Lipinski definition) is 4. The minimum absolute atomic E-state index is 0.160. The molecule has 0 aliphatic carbocycles. The molecule has 20 heavy (non-hydrogen) atoms. The minimum Gasteiger partial charge on any atom is -0.465 e. The van der Waals surface area contributed by atoms with Gasteiger partial charge in [0.1, 0.15) is 11.7 Å². The molecular weight excluding hydrogens is 254 g/mol. The van der Waals surface area contributed by atoms with Gasteiger partial charge in [0, 0.05) is 25.7 Å². The standard InChI is InChI=1S/C16H23NO3/c1-6-20-16(19)15(12(3)18)11(2)13-7-9-14(10-8-13)17(4)5/h7-11,15H,6H2,1-5H3. The average molecular weight is 277 g/mol. The second kappa shape index (κ2) is 7.08. The van der Waals surface area contributed by atoms with Crippen molar-refractivity contribution >= 4 is 17.4 Å². The lowest BCUT2D eigenvalue weighted by Crippen LogP contribution is -2.29. The predicted molar refractivity (Wildman–Crippen MR) is 80.0 cm³/mol. The number of Topliss-reactive ketones (excluding diaryl/α,β-unsaturated/α-hetero) is 1. The van der Waals surface area contributed by atoms with E-state index in [0.717, 1.165) is 11.3 Å². The van der Waals surface area contributed by atoms with Crippen molar-refractivity contribution < 1.29 is 14.3 Å². The van der Waals surface area contributed by atoms with Gasteiger partial charge in [-0.3, -0.25) is 9.59 Å². The molecule has 0 aliphatic rings. The maximum absolute atomic E-state index is 11.9. The van der Waals surface area contributed by atoms with E-state index in [0.29, 0.717) is 0 Å². The van der Waals surface area contributed by atoms with Crippen LogP contribution in [0.1, 0.15) is 32.3 Å². The lowest BCUT2D eigenvalue weighted by molar-refractivity contribution is -0.151. The Bertz CT molecular complexity index is 465. The summed E-state index contributed by atoms with van der Waals surface area (Å²) in [6.07, 6.45) is 0. The molecule has 0 saturated heterocycles. The second-order valence-corrected chi connectivity index (χ2v) is 5.12. The van der Waals surface area contributed by atoms with Crippen LogP contribution >= 0.6 is 0 Å². The number of carbonyl (C=O) groups is 2. The zero-order valence-corrected chi connectivity index (χ0v) is 12.8. The van der Waals surface area contributed by atoms with Gasteiger partial charge in [0.05, 0.1) is 6.61 Å². The van der Waals surface area contributed by atoms with Gasteiger partial charge in [-0.15, -0.1) is 0 Å². The summed E-state index contributed by atoms with van der Waals surface area (Å²) in [5.41, 5.74) is 2.04. The monoisotopic (exact) mass is 277 g/mol. The molecule has 0 aliphatic heterocycles. The Labute approximate surface area is 120 Å². The van der Waals surface area contributed by atoms with Gasteiger partial charge in [0.15, 0.2) is 0 Å². The molecular formula is C16H23NO3. The summed E-state index contributed by atoms with van der Waals surface area (Å²) in [5, 5.41) is 0. The number of rotatable bonds is 6. The van der Waals surface area contributed by atoms with Gasteiger partial charge in [-0.1, -0.05) is 19.1 Å². The quantitative estimate of drug-likeness (QED) is 0.592. The highest BCUT2D eigenvalue weighted by atomic mass is 16.5. The normalized spacial score (nSPS) is 13.4. The fourth-order valence-electron chi connectivity index (χ4n) is 2.22. The summed E-state index contributed by atoms with van der Waals surface area (Å²) >= 11 is 0. The molecule has 0 aromatic heterocycles. The van der Waals surface area contributed by atoms with E-state index in [1.165, 1.54) is 6.92 Å². The third-order valence-corrected chi connectivity index (χ3v) is 3.41. The summed E-state index contributed by atoms with van der Waals surface area (Å²) in [6, 6.07) is 7.87. The lowest BCUT2D eigenvalue weighted by Gasteiger charge is -2.21. The predicted octanol–water partition coefficient (Wildman–Crippen LogP) is 2.62. The number of ether oxygens (including phenoxy) is 1. The van der Waals surface area contributed by atoms with Crippen molar-refractivity contribution in [1.29, 1.82) is 0 Å². The molecule has 0 saturated carbocycles. The number of ketones is 1. The smallest absolute Gasteiger partial charge is 0.317 e. The Balaban J connectivity index is 2.97. The van der Waals surface area contributed by atoms with Crippen molar-refractivity contribution in [2.75, 3.05) is 25.6 Å². The van der Waals surface area contributed by atoms with Crippen LogP contribution in [-0.2, 0) is 14.3 Å². The van der Waals surface area contributed by atoms with Crippen molar-refractivity contribution in [2.24, 2.45) is 5.92 Å². The molecule has 1 aromatic rings. The van der Waals surface area contributed by atoms with Crippen LogP contribution in [0.5, 0.6) is 0 Å². The fourth-order valence-corrected chi connectivity index (χ4v) is 2.22. The highest BCUT2D eigenvalue weighted by molar-refractivity contribution is 5.98. The fraction of sp³-hybridized carbons (Fsp3) is 0.500. The van der Waals surface area contributed by atoms with E-state index < -0.39 is 11.9 Å². The van der Waals surface area contributed by atoms with Crippen LogP contribution in [0, 0.1) is 5.92 Å². The molecule has 0 bridgehead atoms. The second-order valence-electron chi connectivity index (χ2n) is 5.12. The molecule has 0 fully saturated rings. The van der Waals surface area contributed by atoms with Gasteiger partial charge >= 0.3 is 5.97 Å². The van der Waals surface area contributed by atoms with E-state index in [-0.39, 0.29) is 18.3 Å². The Morgan fingerprint density at radius 3 is 2.15 bits per heavy atom. The van der Waals surface area contributed by atoms with Crippen molar-refractivity contribution in [3.05, 3.63) is 29.8 Å². The van der Waals surface area contributed by atoms with Crippen molar-refractivity contribution in [3.8, 4) is 0 Å². The van der Waals surface area contributed by atoms with Crippen molar-refractivity contribution in [3.63, 3.8) is 0 Å². The van der Waals surface area contributed by atoms with Gasteiger partial charge in [-0.05, 0) is 31.5 Å². The Morgan fingerprint density at radius 1 is 1.20 bits per heavy atom. The zero-order valence-electron chi connectivity index (χ0n) is 12.8. The number of nitrogens with zero attached hydrogens (tertiary/aromatic N) is 1. The third-order valence-electron chi connectivity index (χ3n) is 3.41. The Hall–Kier alpha value is -1.84. The molecule has 4 nitrogen and oxygen atoms in total. The molecule has 0 N–H and O–H groups in total. The van der Waals surface area contributed by atoms with Gasteiger partial charge in [-0.25, -0.2) is 0 Å². The van der Waals surface area contributed by atoms with Gasteiger partial charge in [0.25, 0.3) is 0 Å². The summed E-state index contributed by atoms with van der Waals surface area (Å²) in [4.78, 5) is 25.7. The van der Waals surface area contributed by atoms with E-state index in [1.807, 2.05) is 50.2 Å². The first kappa shape index (κ1) is 16.2. The zero-order chi connectivity index (χ0) is 15.3. The van der Waals surface area contributed by atoms with Gasteiger partial charge in [0.2, 0.25) is 0 Å². The Kier molecular flexibility index (Phi) is 5.74. The van der Waals surface area contributed by atoms with Crippen LogP contribution in [0.4, 0.5) is 5.69 Å². The highest BCUT2D eigenvalue weighted by Gasteiger charge is 2.31. The molecule has 1 rings (SSSR count). The minimum atomic E-state index is -0.736. The highest BCUT2D eigenvalue weighted by Crippen LogP contribution is 2.27. The van der Waals surface area contributed by atoms with E-state index in [2.05, 4.69) is 0 Å². The molecule has 0 amide bonds.